The number of allylic oxidation sites excluding steroid dienone is 12. The minimum absolute atomic E-state index is 0.303. The lowest BCUT2D eigenvalue weighted by atomic mass is 9.65. The molecule has 0 saturated carbocycles. The summed E-state index contributed by atoms with van der Waals surface area (Å²) < 4.78 is 0. The number of hydrogen-bond acceptors (Lipinski definition) is 0. The zero-order chi connectivity index (χ0) is 19.8. The lowest BCUT2D eigenvalue weighted by Crippen LogP contribution is -2.30. The van der Waals surface area contributed by atoms with Crippen LogP contribution in [-0.4, -0.2) is 0 Å². The quantitative estimate of drug-likeness (QED) is 0.526. The van der Waals surface area contributed by atoms with Crippen LogP contribution in [0.25, 0.3) is 0 Å². The Morgan fingerprint density at radius 2 is 0.897 bits per heavy atom. The van der Waals surface area contributed by atoms with Crippen molar-refractivity contribution in [2.45, 2.75) is 19.3 Å². The Labute approximate surface area is 174 Å². The first kappa shape index (κ1) is 17.9. The second-order valence-electron chi connectivity index (χ2n) is 8.29. The maximum Gasteiger partial charge on any atom is 0.0713 e. The molecule has 0 fully saturated rings. The molecule has 2 aromatic rings. The van der Waals surface area contributed by atoms with E-state index in [1.807, 2.05) is 0 Å². The highest BCUT2D eigenvalue weighted by Gasteiger charge is 2.47. The van der Waals surface area contributed by atoms with Crippen LogP contribution in [0.3, 0.4) is 0 Å². The smallest absolute Gasteiger partial charge is 0.0713 e. The first-order chi connectivity index (χ1) is 14.2. The molecular weight excluding hydrogens is 348 g/mol. The van der Waals surface area contributed by atoms with E-state index in [4.69, 9.17) is 0 Å². The lowest BCUT2D eigenvalue weighted by molar-refractivity contribution is 0.752. The highest BCUT2D eigenvalue weighted by molar-refractivity contribution is 5.77. The van der Waals surface area contributed by atoms with E-state index in [-0.39, 0.29) is 5.41 Å². The Hall–Kier alpha value is -3.12. The Morgan fingerprint density at radius 1 is 0.517 bits per heavy atom. The van der Waals surface area contributed by atoms with Crippen molar-refractivity contribution in [1.29, 1.82) is 0 Å². The fourth-order valence-electron chi connectivity index (χ4n) is 4.91. The third-order valence-electron chi connectivity index (χ3n) is 6.36. The molecule has 0 aromatic heterocycles. The minimum Gasteiger partial charge on any atom is -0.0775 e. The summed E-state index contributed by atoms with van der Waals surface area (Å²) in [7, 11) is 0. The van der Waals surface area contributed by atoms with E-state index in [2.05, 4.69) is 123 Å². The predicted octanol–water partition coefficient (Wildman–Crippen LogP) is 7.10. The van der Waals surface area contributed by atoms with Crippen molar-refractivity contribution in [3.05, 3.63) is 143 Å². The molecule has 2 unspecified atom stereocenters. The highest BCUT2D eigenvalue weighted by Crippen LogP contribution is 2.56. The van der Waals surface area contributed by atoms with Gasteiger partial charge in [0, 0.05) is 0 Å². The van der Waals surface area contributed by atoms with E-state index in [0.29, 0.717) is 11.8 Å². The molecule has 0 saturated heterocycles. The Kier molecular flexibility index (Phi) is 4.36. The van der Waals surface area contributed by atoms with E-state index in [9.17, 15) is 0 Å². The largest absolute Gasteiger partial charge is 0.0775 e. The molecule has 0 aliphatic heterocycles. The van der Waals surface area contributed by atoms with Crippen LogP contribution in [0.5, 0.6) is 0 Å². The van der Waals surface area contributed by atoms with Gasteiger partial charge in [0.1, 0.15) is 0 Å². The topological polar surface area (TPSA) is 0 Å². The molecule has 0 nitrogen and oxygen atoms in total. The average Bonchev–Trinajstić information content (AvgIpc) is 2.90. The minimum atomic E-state index is -0.303. The molecule has 3 aliphatic carbocycles. The van der Waals surface area contributed by atoms with Crippen molar-refractivity contribution >= 4 is 0 Å². The van der Waals surface area contributed by atoms with Gasteiger partial charge in [0.05, 0.1) is 5.41 Å². The average molecular weight is 375 g/mol. The van der Waals surface area contributed by atoms with E-state index in [1.165, 1.54) is 33.4 Å². The van der Waals surface area contributed by atoms with E-state index >= 15 is 0 Å². The standard InChI is InChI=1S/C29H26/c1-21-13-17-25-26-18-14-22(2)16-20-28(26)29(27(25)19-15-21,23-9-5-3-6-10-23)24-11-7-4-8-12-24/h3-22H,1-2H3. The first-order valence-electron chi connectivity index (χ1n) is 10.5. The molecule has 3 aliphatic rings. The number of rotatable bonds is 2. The van der Waals surface area contributed by atoms with Gasteiger partial charge in [-0.2, -0.15) is 0 Å². The van der Waals surface area contributed by atoms with Crippen LogP contribution in [0.1, 0.15) is 25.0 Å². The van der Waals surface area contributed by atoms with Gasteiger partial charge in [-0.05, 0) is 45.3 Å². The molecule has 0 amide bonds. The van der Waals surface area contributed by atoms with Crippen molar-refractivity contribution in [1.82, 2.24) is 0 Å². The summed E-state index contributed by atoms with van der Waals surface area (Å²) in [4.78, 5) is 0. The van der Waals surface area contributed by atoms with Crippen LogP contribution >= 0.6 is 0 Å². The lowest BCUT2D eigenvalue weighted by Gasteiger charge is -2.35. The molecule has 0 N–H and O–H groups in total. The predicted molar refractivity (Wildman–Crippen MR) is 123 cm³/mol. The van der Waals surface area contributed by atoms with Gasteiger partial charge in [0.2, 0.25) is 0 Å². The molecule has 5 rings (SSSR count). The van der Waals surface area contributed by atoms with Crippen molar-refractivity contribution in [2.24, 2.45) is 11.8 Å². The fraction of sp³-hybridized carbons (Fsp3) is 0.172. The molecule has 0 heterocycles. The second-order valence-corrected chi connectivity index (χ2v) is 8.29. The van der Waals surface area contributed by atoms with Gasteiger partial charge in [-0.3, -0.25) is 0 Å². The van der Waals surface area contributed by atoms with Crippen LogP contribution in [0.15, 0.2) is 132 Å². The summed E-state index contributed by atoms with van der Waals surface area (Å²) in [5, 5.41) is 0. The van der Waals surface area contributed by atoms with E-state index in [1.54, 1.807) is 0 Å². The fourth-order valence-corrected chi connectivity index (χ4v) is 4.91. The van der Waals surface area contributed by atoms with Gasteiger partial charge >= 0.3 is 0 Å². The zero-order valence-corrected chi connectivity index (χ0v) is 17.0. The SMILES string of the molecule is CC1C=CC2=C(C=C1)C(c1ccccc1)(c1ccccc1)C1=C2C=CC(C)C=C1. The van der Waals surface area contributed by atoms with Crippen LogP contribution in [0.4, 0.5) is 0 Å². The molecule has 0 bridgehead atoms. The van der Waals surface area contributed by atoms with Crippen LogP contribution in [-0.2, 0) is 5.41 Å². The number of fused-ring (bicyclic) bond motifs is 1. The first-order valence-corrected chi connectivity index (χ1v) is 10.5. The molecule has 0 radical (unpaired) electrons. The van der Waals surface area contributed by atoms with Crippen molar-refractivity contribution in [3.63, 3.8) is 0 Å². The molecule has 0 spiro atoms. The summed E-state index contributed by atoms with van der Waals surface area (Å²) in [5.74, 6) is 0.858. The van der Waals surface area contributed by atoms with E-state index < -0.39 is 0 Å². The van der Waals surface area contributed by atoms with Gasteiger partial charge in [0.25, 0.3) is 0 Å². The van der Waals surface area contributed by atoms with Gasteiger partial charge in [-0.15, -0.1) is 0 Å². The third-order valence-corrected chi connectivity index (χ3v) is 6.36. The van der Waals surface area contributed by atoms with E-state index in [0.717, 1.165) is 0 Å². The maximum atomic E-state index is 2.37. The highest BCUT2D eigenvalue weighted by atomic mass is 14.5. The van der Waals surface area contributed by atoms with Gasteiger partial charge in [-0.25, -0.2) is 0 Å². The summed E-state index contributed by atoms with van der Waals surface area (Å²) in [6, 6.07) is 22.0. The second kappa shape index (κ2) is 7.04. The monoisotopic (exact) mass is 374 g/mol. The Bertz CT molecular complexity index is 1010. The molecule has 29 heavy (non-hydrogen) atoms. The Balaban J connectivity index is 1.92. The third kappa shape index (κ3) is 2.75. The molecule has 0 heteroatoms. The summed E-state index contributed by atoms with van der Waals surface area (Å²) in [6.45, 7) is 4.50. The number of benzene rings is 2. The van der Waals surface area contributed by atoms with Gasteiger partial charge < -0.3 is 0 Å². The van der Waals surface area contributed by atoms with Crippen molar-refractivity contribution < 1.29 is 0 Å². The van der Waals surface area contributed by atoms with Crippen LogP contribution in [0, 0.1) is 11.8 Å². The maximum absolute atomic E-state index is 2.37. The summed E-state index contributed by atoms with van der Waals surface area (Å²) in [6.07, 6.45) is 18.8. The molecular formula is C29H26. The molecule has 142 valence electrons. The summed E-state index contributed by atoms with van der Waals surface area (Å²) in [5.41, 5.74) is 7.80. The molecule has 2 aromatic carbocycles. The van der Waals surface area contributed by atoms with Crippen molar-refractivity contribution in [2.75, 3.05) is 0 Å². The molecule has 2 atom stereocenters. The normalized spacial score (nSPS) is 24.3. The summed E-state index contributed by atoms with van der Waals surface area (Å²) >= 11 is 0. The number of hydrogen-bond donors (Lipinski definition) is 0. The van der Waals surface area contributed by atoms with Crippen LogP contribution in [0.2, 0.25) is 0 Å². The van der Waals surface area contributed by atoms with Crippen LogP contribution < -0.4 is 0 Å². The van der Waals surface area contributed by atoms with Gasteiger partial charge in [-0.1, -0.05) is 123 Å². The van der Waals surface area contributed by atoms with Crippen molar-refractivity contribution in [3.8, 4) is 0 Å². The Morgan fingerprint density at radius 3 is 1.31 bits per heavy atom. The van der Waals surface area contributed by atoms with Gasteiger partial charge in [0.15, 0.2) is 0 Å². The zero-order valence-electron chi connectivity index (χ0n) is 17.0.